The number of ether oxygens (including phenoxy) is 2. The van der Waals surface area contributed by atoms with Crippen LogP contribution in [0.5, 0.6) is 0 Å². The van der Waals surface area contributed by atoms with Crippen LogP contribution < -0.4 is 5.32 Å². The molecule has 0 aliphatic carbocycles. The van der Waals surface area contributed by atoms with Gasteiger partial charge in [-0.05, 0) is 14.0 Å². The topological polar surface area (TPSA) is 88.9 Å². The van der Waals surface area contributed by atoms with Crippen molar-refractivity contribution in [3.05, 3.63) is 11.9 Å². The van der Waals surface area contributed by atoms with Crippen LogP contribution in [0.15, 0.2) is 6.20 Å². The number of aliphatic hydroxyl groups excluding tert-OH is 1. The van der Waals surface area contributed by atoms with Crippen LogP contribution in [0.2, 0.25) is 0 Å². The number of nitrogens with one attached hydrogen (secondary N) is 1. The summed E-state index contributed by atoms with van der Waals surface area (Å²) < 4.78 is 12.3. The quantitative estimate of drug-likeness (QED) is 0.753. The number of amides is 1. The molecule has 22 heavy (non-hydrogen) atoms. The zero-order valence-corrected chi connectivity index (χ0v) is 13.4. The van der Waals surface area contributed by atoms with Gasteiger partial charge in [-0.1, -0.05) is 0 Å². The lowest BCUT2D eigenvalue weighted by Gasteiger charge is -2.38. The SMILES string of the molecule is CO[C@@H]1COC[C@@H](N(C)CC(=O)Nc2cn(C)nc2C)[C@@H]1O. The number of aliphatic hydroxyl groups is 1. The number of carbonyl (C=O) groups excluding carboxylic acids is 1. The van der Waals surface area contributed by atoms with Crippen molar-refractivity contribution < 1.29 is 19.4 Å². The van der Waals surface area contributed by atoms with E-state index in [0.29, 0.717) is 18.9 Å². The summed E-state index contributed by atoms with van der Waals surface area (Å²) in [6, 6.07) is -0.278. The van der Waals surface area contributed by atoms with Crippen LogP contribution in [-0.4, -0.2) is 77.9 Å². The van der Waals surface area contributed by atoms with Gasteiger partial charge in [-0.25, -0.2) is 0 Å². The first-order valence-corrected chi connectivity index (χ1v) is 7.21. The summed E-state index contributed by atoms with van der Waals surface area (Å²) in [5.41, 5.74) is 1.45. The van der Waals surface area contributed by atoms with E-state index in [9.17, 15) is 9.90 Å². The van der Waals surface area contributed by atoms with Gasteiger partial charge in [-0.15, -0.1) is 0 Å². The fraction of sp³-hybridized carbons (Fsp3) is 0.714. The Morgan fingerprint density at radius 2 is 2.36 bits per heavy atom. The van der Waals surface area contributed by atoms with Crippen LogP contribution in [0.3, 0.4) is 0 Å². The van der Waals surface area contributed by atoms with Crippen LogP contribution in [0.25, 0.3) is 0 Å². The van der Waals surface area contributed by atoms with Gasteiger partial charge in [0.1, 0.15) is 12.2 Å². The second kappa shape index (κ2) is 7.19. The van der Waals surface area contributed by atoms with Crippen molar-refractivity contribution in [1.29, 1.82) is 0 Å². The third-order valence-electron chi connectivity index (χ3n) is 3.90. The van der Waals surface area contributed by atoms with Crippen molar-refractivity contribution >= 4 is 11.6 Å². The molecule has 124 valence electrons. The fourth-order valence-corrected chi connectivity index (χ4v) is 2.60. The Balaban J connectivity index is 1.92. The molecule has 0 aromatic carbocycles. The van der Waals surface area contributed by atoms with E-state index in [4.69, 9.17) is 9.47 Å². The van der Waals surface area contributed by atoms with E-state index >= 15 is 0 Å². The van der Waals surface area contributed by atoms with Crippen LogP contribution in [0.4, 0.5) is 5.69 Å². The molecule has 0 bridgehead atoms. The maximum Gasteiger partial charge on any atom is 0.238 e. The summed E-state index contributed by atoms with van der Waals surface area (Å²) in [5.74, 6) is -0.162. The lowest BCUT2D eigenvalue weighted by atomic mass is 10.0. The lowest BCUT2D eigenvalue weighted by Crippen LogP contribution is -2.56. The fourth-order valence-electron chi connectivity index (χ4n) is 2.60. The van der Waals surface area contributed by atoms with E-state index < -0.39 is 6.10 Å². The highest BCUT2D eigenvalue weighted by Crippen LogP contribution is 2.16. The minimum Gasteiger partial charge on any atom is -0.389 e. The van der Waals surface area contributed by atoms with Crippen molar-refractivity contribution in [2.24, 2.45) is 7.05 Å². The van der Waals surface area contributed by atoms with Gasteiger partial charge in [0.15, 0.2) is 0 Å². The van der Waals surface area contributed by atoms with Crippen LogP contribution in [0, 0.1) is 6.92 Å². The number of nitrogens with zero attached hydrogens (tertiary/aromatic N) is 3. The summed E-state index contributed by atoms with van der Waals surface area (Å²) >= 11 is 0. The summed E-state index contributed by atoms with van der Waals surface area (Å²) in [7, 11) is 5.12. The molecular weight excluding hydrogens is 288 g/mol. The number of hydrogen-bond donors (Lipinski definition) is 2. The normalized spacial score (nSPS) is 25.5. The van der Waals surface area contributed by atoms with Gasteiger partial charge in [-0.3, -0.25) is 14.4 Å². The number of methoxy groups -OCH3 is 1. The predicted octanol–water partition coefficient (Wildman–Crippen LogP) is -0.626. The number of anilines is 1. The first-order chi connectivity index (χ1) is 10.4. The molecule has 1 aliphatic heterocycles. The Labute approximate surface area is 130 Å². The van der Waals surface area contributed by atoms with E-state index in [1.807, 2.05) is 6.92 Å². The zero-order chi connectivity index (χ0) is 16.3. The van der Waals surface area contributed by atoms with E-state index in [1.54, 1.807) is 29.9 Å². The zero-order valence-electron chi connectivity index (χ0n) is 13.4. The molecule has 1 aliphatic rings. The van der Waals surface area contributed by atoms with E-state index in [1.165, 1.54) is 7.11 Å². The molecule has 1 amide bonds. The summed E-state index contributed by atoms with van der Waals surface area (Å²) in [5, 5.41) is 17.3. The minimum atomic E-state index is -0.684. The van der Waals surface area contributed by atoms with E-state index in [2.05, 4.69) is 10.4 Å². The molecule has 0 unspecified atom stereocenters. The molecule has 1 aromatic rings. The molecule has 0 radical (unpaired) electrons. The van der Waals surface area contributed by atoms with Crippen molar-refractivity contribution in [3.63, 3.8) is 0 Å². The number of carbonyl (C=O) groups is 1. The second-order valence-corrected chi connectivity index (χ2v) is 5.63. The molecule has 2 N–H and O–H groups in total. The molecule has 8 heteroatoms. The van der Waals surface area contributed by atoms with Crippen molar-refractivity contribution in [1.82, 2.24) is 14.7 Å². The van der Waals surface area contributed by atoms with Crippen LogP contribution >= 0.6 is 0 Å². The number of rotatable bonds is 5. The third kappa shape index (κ3) is 3.83. The van der Waals surface area contributed by atoms with Crippen molar-refractivity contribution in [3.8, 4) is 0 Å². The molecule has 2 heterocycles. The Bertz CT molecular complexity index is 519. The number of likely N-dealkylation sites (N-methyl/N-ethyl adjacent to an activating group) is 1. The standard InChI is InChI=1S/C14H24N4O4/c1-9-10(5-18(3)16-9)15-13(19)6-17(2)11-7-22-8-12(21-4)14(11)20/h5,11-12,14,20H,6-8H2,1-4H3,(H,15,19)/t11-,12-,14+/m1/s1. The maximum atomic E-state index is 12.1. The number of aryl methyl sites for hydroxylation is 2. The summed E-state index contributed by atoms with van der Waals surface area (Å²) in [6.07, 6.45) is 0.703. The average Bonchev–Trinajstić information content (AvgIpc) is 2.76. The maximum absolute atomic E-state index is 12.1. The highest BCUT2D eigenvalue weighted by molar-refractivity contribution is 5.92. The second-order valence-electron chi connectivity index (χ2n) is 5.63. The Hall–Kier alpha value is -1.48. The lowest BCUT2D eigenvalue weighted by molar-refractivity contribution is -0.143. The highest BCUT2D eigenvalue weighted by atomic mass is 16.5. The predicted molar refractivity (Wildman–Crippen MR) is 80.6 cm³/mol. The first-order valence-electron chi connectivity index (χ1n) is 7.21. The van der Waals surface area contributed by atoms with Crippen LogP contribution in [0.1, 0.15) is 5.69 Å². The van der Waals surface area contributed by atoms with Gasteiger partial charge in [0.2, 0.25) is 5.91 Å². The highest BCUT2D eigenvalue weighted by Gasteiger charge is 2.35. The Morgan fingerprint density at radius 3 is 2.95 bits per heavy atom. The monoisotopic (exact) mass is 312 g/mol. The Morgan fingerprint density at radius 1 is 1.64 bits per heavy atom. The van der Waals surface area contributed by atoms with Crippen molar-refractivity contribution in [2.75, 3.05) is 39.2 Å². The van der Waals surface area contributed by atoms with Gasteiger partial charge in [-0.2, -0.15) is 5.10 Å². The van der Waals surface area contributed by atoms with E-state index in [0.717, 1.165) is 5.69 Å². The molecule has 2 rings (SSSR count). The first kappa shape index (κ1) is 16.9. The van der Waals surface area contributed by atoms with Crippen molar-refractivity contribution in [2.45, 2.75) is 25.2 Å². The smallest absolute Gasteiger partial charge is 0.238 e. The molecule has 3 atom stereocenters. The van der Waals surface area contributed by atoms with Gasteiger partial charge >= 0.3 is 0 Å². The Kier molecular flexibility index (Phi) is 5.52. The molecule has 0 saturated carbocycles. The largest absolute Gasteiger partial charge is 0.389 e. The van der Waals surface area contributed by atoms with E-state index in [-0.39, 0.29) is 24.6 Å². The van der Waals surface area contributed by atoms with Gasteiger partial charge in [0.05, 0.1) is 37.2 Å². The van der Waals surface area contributed by atoms with Gasteiger partial charge < -0.3 is 19.9 Å². The van der Waals surface area contributed by atoms with Gasteiger partial charge in [0.25, 0.3) is 0 Å². The average molecular weight is 312 g/mol. The summed E-state index contributed by atoms with van der Waals surface area (Å²) in [4.78, 5) is 13.9. The summed E-state index contributed by atoms with van der Waals surface area (Å²) in [6.45, 7) is 2.72. The minimum absolute atomic E-state index is 0.149. The molecule has 1 saturated heterocycles. The molecular formula is C14H24N4O4. The molecule has 1 aromatic heterocycles. The van der Waals surface area contributed by atoms with Gasteiger partial charge in [0, 0.05) is 20.4 Å². The molecule has 8 nitrogen and oxygen atoms in total. The molecule has 0 spiro atoms. The van der Waals surface area contributed by atoms with Crippen LogP contribution in [-0.2, 0) is 21.3 Å². The number of aromatic nitrogens is 2. The molecule has 1 fully saturated rings. The number of hydrogen-bond acceptors (Lipinski definition) is 6. The third-order valence-corrected chi connectivity index (χ3v) is 3.90.